The second-order valence-corrected chi connectivity index (χ2v) is 5.46. The summed E-state index contributed by atoms with van der Waals surface area (Å²) in [6.45, 7) is 2.71. The van der Waals surface area contributed by atoms with Crippen molar-refractivity contribution in [3.05, 3.63) is 46.3 Å². The van der Waals surface area contributed by atoms with Gasteiger partial charge in [-0.25, -0.2) is 4.39 Å². The summed E-state index contributed by atoms with van der Waals surface area (Å²) in [5.74, 6) is 0.850. The predicted molar refractivity (Wildman–Crippen MR) is 75.6 cm³/mol. The highest BCUT2D eigenvalue weighted by Gasteiger charge is 2.23. The average molecular weight is 309 g/mol. The first-order valence-corrected chi connectivity index (χ1v) is 7.12. The topological polar surface area (TPSA) is 59.8 Å². The summed E-state index contributed by atoms with van der Waals surface area (Å²) < 4.78 is 15.0. The highest BCUT2D eigenvalue weighted by Crippen LogP contribution is 2.21. The molecule has 0 aliphatic carbocycles. The maximum atomic E-state index is 13.0. The van der Waals surface area contributed by atoms with Crippen molar-refractivity contribution >= 4 is 17.5 Å². The van der Waals surface area contributed by atoms with Crippen LogP contribution in [0.1, 0.15) is 41.4 Å². The number of rotatable bonds is 3. The third-order valence-electron chi connectivity index (χ3n) is 3.55. The third kappa shape index (κ3) is 2.63. The van der Waals surface area contributed by atoms with Gasteiger partial charge in [-0.3, -0.25) is 4.79 Å². The molecule has 0 bridgehead atoms. The van der Waals surface area contributed by atoms with Crippen molar-refractivity contribution < 1.29 is 9.18 Å². The number of aryl methyl sites for hydroxylation is 1. The van der Waals surface area contributed by atoms with Crippen LogP contribution in [0.2, 0.25) is 5.02 Å². The minimum absolute atomic E-state index is 0.0890. The molecule has 1 aliphatic heterocycles. The van der Waals surface area contributed by atoms with Crippen LogP contribution >= 0.6 is 11.6 Å². The Morgan fingerprint density at radius 3 is 3.05 bits per heavy atom. The van der Waals surface area contributed by atoms with Gasteiger partial charge in [0.15, 0.2) is 5.82 Å². The maximum Gasteiger partial charge on any atom is 0.253 e. The first-order valence-electron chi connectivity index (χ1n) is 6.74. The third-order valence-corrected chi connectivity index (χ3v) is 3.86. The summed E-state index contributed by atoms with van der Waals surface area (Å²) in [5, 5.41) is 11.1. The van der Waals surface area contributed by atoms with Crippen LogP contribution in [0.3, 0.4) is 0 Å². The number of amides is 1. The van der Waals surface area contributed by atoms with Crippen LogP contribution < -0.4 is 5.32 Å². The standard InChI is InChI=1S/C14H14ClFN4O/c1-8(13-19-18-12-3-2-6-20(12)13)17-14(21)10-5-4-9(16)7-11(10)15/h4-5,7-8H,2-3,6H2,1H3,(H,17,21)/t8-/m1/s1. The molecule has 1 N–H and O–H groups in total. The van der Waals surface area contributed by atoms with Gasteiger partial charge in [-0.05, 0) is 31.5 Å². The molecule has 1 aliphatic rings. The molecule has 1 amide bonds. The zero-order valence-electron chi connectivity index (χ0n) is 11.4. The lowest BCUT2D eigenvalue weighted by molar-refractivity contribution is 0.0937. The van der Waals surface area contributed by atoms with Gasteiger partial charge in [0, 0.05) is 13.0 Å². The molecule has 3 rings (SSSR count). The molecule has 0 saturated heterocycles. The average Bonchev–Trinajstić information content (AvgIpc) is 3.00. The lowest BCUT2D eigenvalue weighted by Crippen LogP contribution is -2.29. The number of benzene rings is 1. The smallest absolute Gasteiger partial charge is 0.253 e. The number of halogens is 2. The normalized spacial score (nSPS) is 14.8. The molecular weight excluding hydrogens is 295 g/mol. The Balaban J connectivity index is 1.77. The quantitative estimate of drug-likeness (QED) is 0.947. The molecule has 0 saturated carbocycles. The van der Waals surface area contributed by atoms with Gasteiger partial charge in [0.2, 0.25) is 0 Å². The van der Waals surface area contributed by atoms with Crippen LogP contribution in [-0.2, 0) is 13.0 Å². The number of hydrogen-bond acceptors (Lipinski definition) is 3. The zero-order valence-corrected chi connectivity index (χ0v) is 12.2. The minimum atomic E-state index is -0.472. The fourth-order valence-corrected chi connectivity index (χ4v) is 2.76. The summed E-state index contributed by atoms with van der Waals surface area (Å²) >= 11 is 5.89. The SMILES string of the molecule is C[C@@H](NC(=O)c1ccc(F)cc1Cl)c1nnc2n1CCC2. The van der Waals surface area contributed by atoms with E-state index in [2.05, 4.69) is 15.5 Å². The molecular formula is C14H14ClFN4O. The Morgan fingerprint density at radius 2 is 2.29 bits per heavy atom. The second-order valence-electron chi connectivity index (χ2n) is 5.05. The number of carbonyl (C=O) groups is 1. The molecule has 1 aromatic heterocycles. The molecule has 2 heterocycles. The molecule has 0 fully saturated rings. The fourth-order valence-electron chi connectivity index (χ4n) is 2.51. The van der Waals surface area contributed by atoms with Crippen LogP contribution in [-0.4, -0.2) is 20.7 Å². The Hall–Kier alpha value is -1.95. The van der Waals surface area contributed by atoms with Crippen molar-refractivity contribution in [2.24, 2.45) is 0 Å². The van der Waals surface area contributed by atoms with Crippen LogP contribution in [0, 0.1) is 5.82 Å². The monoisotopic (exact) mass is 308 g/mol. The largest absolute Gasteiger partial charge is 0.342 e. The van der Waals surface area contributed by atoms with Gasteiger partial charge >= 0.3 is 0 Å². The highest BCUT2D eigenvalue weighted by molar-refractivity contribution is 6.33. The van der Waals surface area contributed by atoms with Crippen LogP contribution in [0.4, 0.5) is 4.39 Å². The molecule has 110 valence electrons. The maximum absolute atomic E-state index is 13.0. The van der Waals surface area contributed by atoms with Crippen molar-refractivity contribution in [1.29, 1.82) is 0 Å². The molecule has 5 nitrogen and oxygen atoms in total. The lowest BCUT2D eigenvalue weighted by atomic mass is 10.2. The summed E-state index contributed by atoms with van der Waals surface area (Å²) in [6, 6.07) is 3.40. The first kappa shape index (κ1) is 14.0. The van der Waals surface area contributed by atoms with E-state index in [1.807, 2.05) is 11.5 Å². The first-order chi connectivity index (χ1) is 10.1. The highest BCUT2D eigenvalue weighted by atomic mass is 35.5. The van der Waals surface area contributed by atoms with E-state index in [1.54, 1.807) is 0 Å². The lowest BCUT2D eigenvalue weighted by Gasteiger charge is -2.14. The minimum Gasteiger partial charge on any atom is -0.342 e. The van der Waals surface area contributed by atoms with Crippen molar-refractivity contribution in [3.8, 4) is 0 Å². The molecule has 1 atom stereocenters. The van der Waals surface area contributed by atoms with E-state index in [4.69, 9.17) is 11.6 Å². The molecule has 0 spiro atoms. The Kier molecular flexibility index (Phi) is 3.63. The van der Waals surface area contributed by atoms with Crippen molar-refractivity contribution in [2.75, 3.05) is 0 Å². The number of hydrogen-bond donors (Lipinski definition) is 1. The van der Waals surface area contributed by atoms with Crippen molar-refractivity contribution in [3.63, 3.8) is 0 Å². The molecule has 1 aromatic carbocycles. The predicted octanol–water partition coefficient (Wildman–Crippen LogP) is 2.51. The van der Waals surface area contributed by atoms with E-state index in [0.717, 1.165) is 37.1 Å². The van der Waals surface area contributed by atoms with E-state index in [-0.39, 0.29) is 22.5 Å². The van der Waals surface area contributed by atoms with Gasteiger partial charge in [0.1, 0.15) is 11.6 Å². The van der Waals surface area contributed by atoms with Gasteiger partial charge in [-0.2, -0.15) is 0 Å². The number of fused-ring (bicyclic) bond motifs is 1. The van der Waals surface area contributed by atoms with Gasteiger partial charge in [0.25, 0.3) is 5.91 Å². The van der Waals surface area contributed by atoms with E-state index >= 15 is 0 Å². The van der Waals surface area contributed by atoms with Crippen LogP contribution in [0.25, 0.3) is 0 Å². The van der Waals surface area contributed by atoms with E-state index in [9.17, 15) is 9.18 Å². The molecule has 21 heavy (non-hydrogen) atoms. The number of nitrogens with one attached hydrogen (secondary N) is 1. The van der Waals surface area contributed by atoms with Crippen molar-refractivity contribution in [2.45, 2.75) is 32.4 Å². The van der Waals surface area contributed by atoms with Gasteiger partial charge < -0.3 is 9.88 Å². The fraction of sp³-hybridized carbons (Fsp3) is 0.357. The molecule has 2 aromatic rings. The Labute approximate surface area is 126 Å². The second kappa shape index (κ2) is 5.44. The van der Waals surface area contributed by atoms with Gasteiger partial charge in [0.05, 0.1) is 16.6 Å². The van der Waals surface area contributed by atoms with Crippen molar-refractivity contribution in [1.82, 2.24) is 20.1 Å². The van der Waals surface area contributed by atoms with Gasteiger partial charge in [-0.1, -0.05) is 11.6 Å². The summed E-state index contributed by atoms with van der Waals surface area (Å²) in [7, 11) is 0. The Bertz CT molecular complexity index is 700. The zero-order chi connectivity index (χ0) is 15.0. The molecule has 0 radical (unpaired) electrons. The summed E-state index contributed by atoms with van der Waals surface area (Å²) in [5.41, 5.74) is 0.242. The summed E-state index contributed by atoms with van der Waals surface area (Å²) in [6.07, 6.45) is 1.96. The van der Waals surface area contributed by atoms with Gasteiger partial charge in [-0.15, -0.1) is 10.2 Å². The van der Waals surface area contributed by atoms with E-state index in [0.29, 0.717) is 0 Å². The number of aromatic nitrogens is 3. The number of carbonyl (C=O) groups excluding carboxylic acids is 1. The van der Waals surface area contributed by atoms with Crippen LogP contribution in [0.15, 0.2) is 18.2 Å². The van der Waals surface area contributed by atoms with E-state index < -0.39 is 5.82 Å². The Morgan fingerprint density at radius 1 is 1.48 bits per heavy atom. The molecule has 0 unspecified atom stereocenters. The number of nitrogens with zero attached hydrogens (tertiary/aromatic N) is 3. The summed E-state index contributed by atoms with van der Waals surface area (Å²) in [4.78, 5) is 12.2. The molecule has 7 heteroatoms. The van der Waals surface area contributed by atoms with E-state index in [1.165, 1.54) is 12.1 Å². The van der Waals surface area contributed by atoms with Crippen LogP contribution in [0.5, 0.6) is 0 Å².